The van der Waals surface area contributed by atoms with Gasteiger partial charge < -0.3 is 8.83 Å². The number of amides is 1. The Morgan fingerprint density at radius 3 is 2.77 bits per heavy atom. The zero-order valence-corrected chi connectivity index (χ0v) is 19.3. The molecule has 0 bridgehead atoms. The molecule has 35 heavy (non-hydrogen) atoms. The number of aryl methyl sites for hydroxylation is 1. The lowest BCUT2D eigenvalue weighted by molar-refractivity contribution is 0.0984. The molecular weight excluding hydrogens is 462 g/mol. The van der Waals surface area contributed by atoms with Gasteiger partial charge in [0.05, 0.1) is 22.7 Å². The number of hydrazone groups is 1. The SMILES string of the molecule is Cc1ccc2nc(N(/N=C/c3ccco3)C(=O)c3cc4c(ccc5ccccc54)oc3=O)sc2c1. The molecule has 0 radical (unpaired) electrons. The second kappa shape index (κ2) is 8.34. The third kappa shape index (κ3) is 3.79. The van der Waals surface area contributed by atoms with Crippen molar-refractivity contribution in [2.45, 2.75) is 6.92 Å². The van der Waals surface area contributed by atoms with Gasteiger partial charge in [-0.25, -0.2) is 9.78 Å². The summed E-state index contributed by atoms with van der Waals surface area (Å²) in [6.45, 7) is 1.99. The van der Waals surface area contributed by atoms with Gasteiger partial charge in [-0.05, 0) is 59.7 Å². The molecule has 170 valence electrons. The monoisotopic (exact) mass is 479 g/mol. The first-order chi connectivity index (χ1) is 17.1. The Hall–Kier alpha value is -4.56. The van der Waals surface area contributed by atoms with Crippen LogP contribution < -0.4 is 10.6 Å². The van der Waals surface area contributed by atoms with Gasteiger partial charge in [-0.1, -0.05) is 47.7 Å². The highest BCUT2D eigenvalue weighted by Crippen LogP contribution is 2.31. The molecule has 0 unspecified atom stereocenters. The van der Waals surface area contributed by atoms with Gasteiger partial charge in [0.15, 0.2) is 0 Å². The van der Waals surface area contributed by atoms with E-state index in [0.717, 1.165) is 31.6 Å². The number of aromatic nitrogens is 1. The Kier molecular flexibility index (Phi) is 5.00. The van der Waals surface area contributed by atoms with Gasteiger partial charge in [0.2, 0.25) is 5.13 Å². The fourth-order valence-electron chi connectivity index (χ4n) is 3.91. The molecule has 6 aromatic rings. The molecule has 7 nitrogen and oxygen atoms in total. The van der Waals surface area contributed by atoms with E-state index in [2.05, 4.69) is 10.1 Å². The predicted octanol–water partition coefficient (Wildman–Crippen LogP) is 6.14. The number of carbonyl (C=O) groups is 1. The van der Waals surface area contributed by atoms with Crippen molar-refractivity contribution in [3.8, 4) is 0 Å². The minimum atomic E-state index is -0.743. The fourth-order valence-corrected chi connectivity index (χ4v) is 4.93. The lowest BCUT2D eigenvalue weighted by Gasteiger charge is -2.13. The van der Waals surface area contributed by atoms with Gasteiger partial charge in [0.25, 0.3) is 5.91 Å². The van der Waals surface area contributed by atoms with Crippen molar-refractivity contribution in [1.82, 2.24) is 4.98 Å². The summed E-state index contributed by atoms with van der Waals surface area (Å²) in [5.41, 5.74) is 1.34. The van der Waals surface area contributed by atoms with Crippen LogP contribution in [0.1, 0.15) is 21.7 Å². The summed E-state index contributed by atoms with van der Waals surface area (Å²) in [5, 5.41) is 8.31. The van der Waals surface area contributed by atoms with E-state index in [-0.39, 0.29) is 5.56 Å². The zero-order chi connectivity index (χ0) is 23.9. The number of rotatable bonds is 4. The summed E-state index contributed by atoms with van der Waals surface area (Å²) in [6.07, 6.45) is 2.92. The second-order valence-electron chi connectivity index (χ2n) is 7.99. The maximum atomic E-state index is 13.7. The number of benzene rings is 3. The van der Waals surface area contributed by atoms with Crippen molar-refractivity contribution in [1.29, 1.82) is 0 Å². The highest BCUT2D eigenvalue weighted by molar-refractivity contribution is 7.22. The zero-order valence-electron chi connectivity index (χ0n) is 18.5. The van der Waals surface area contributed by atoms with E-state index < -0.39 is 11.5 Å². The number of hydrogen-bond acceptors (Lipinski definition) is 7. The summed E-state index contributed by atoms with van der Waals surface area (Å²) in [7, 11) is 0. The van der Waals surface area contributed by atoms with Crippen LogP contribution in [0.15, 0.2) is 97.8 Å². The van der Waals surface area contributed by atoms with Crippen molar-refractivity contribution >= 4 is 60.5 Å². The third-order valence-electron chi connectivity index (χ3n) is 5.62. The molecule has 0 spiro atoms. The molecule has 0 atom stereocenters. The van der Waals surface area contributed by atoms with Crippen LogP contribution in [0, 0.1) is 6.92 Å². The van der Waals surface area contributed by atoms with Crippen LogP contribution in [0.25, 0.3) is 32.0 Å². The number of anilines is 1. The van der Waals surface area contributed by atoms with Crippen molar-refractivity contribution in [2.24, 2.45) is 5.10 Å². The predicted molar refractivity (Wildman–Crippen MR) is 137 cm³/mol. The average molecular weight is 480 g/mol. The minimum absolute atomic E-state index is 0.138. The molecular formula is C27H17N3O4S. The average Bonchev–Trinajstić information content (AvgIpc) is 3.53. The smallest absolute Gasteiger partial charge is 0.349 e. The number of nitrogens with zero attached hydrogens (tertiary/aromatic N) is 3. The first kappa shape index (κ1) is 21.0. The van der Waals surface area contributed by atoms with E-state index in [1.165, 1.54) is 23.8 Å². The topological polar surface area (TPSA) is 88.9 Å². The van der Waals surface area contributed by atoms with Crippen LogP contribution in [0.4, 0.5) is 5.13 Å². The van der Waals surface area contributed by atoms with Gasteiger partial charge in [0, 0.05) is 5.39 Å². The van der Waals surface area contributed by atoms with Gasteiger partial charge in [-0.15, -0.1) is 0 Å². The molecule has 3 aromatic carbocycles. The summed E-state index contributed by atoms with van der Waals surface area (Å²) in [5.74, 6) is -0.191. The van der Waals surface area contributed by atoms with Crippen molar-refractivity contribution in [3.05, 3.63) is 106 Å². The molecule has 3 aromatic heterocycles. The first-order valence-corrected chi connectivity index (χ1v) is 11.6. The Bertz CT molecular complexity index is 1820. The number of fused-ring (bicyclic) bond motifs is 4. The van der Waals surface area contributed by atoms with Gasteiger partial charge in [-0.2, -0.15) is 10.1 Å². The van der Waals surface area contributed by atoms with Crippen LogP contribution >= 0.6 is 11.3 Å². The number of thiazole rings is 1. The maximum absolute atomic E-state index is 13.7. The number of furan rings is 1. The lowest BCUT2D eigenvalue weighted by atomic mass is 10.0. The van der Waals surface area contributed by atoms with Crippen LogP contribution in [-0.2, 0) is 0 Å². The van der Waals surface area contributed by atoms with Crippen LogP contribution in [0.2, 0.25) is 0 Å². The Labute approximate surface area is 202 Å². The molecule has 0 N–H and O–H groups in total. The minimum Gasteiger partial charge on any atom is -0.463 e. The van der Waals surface area contributed by atoms with E-state index in [1.807, 2.05) is 55.5 Å². The summed E-state index contributed by atoms with van der Waals surface area (Å²) >= 11 is 1.31. The van der Waals surface area contributed by atoms with Crippen molar-refractivity contribution in [3.63, 3.8) is 0 Å². The fraction of sp³-hybridized carbons (Fsp3) is 0.0370. The summed E-state index contributed by atoms with van der Waals surface area (Å²) in [4.78, 5) is 31.2. The van der Waals surface area contributed by atoms with E-state index in [1.54, 1.807) is 24.3 Å². The molecule has 0 aliphatic heterocycles. The molecule has 8 heteroatoms. The van der Waals surface area contributed by atoms with Crippen molar-refractivity contribution < 1.29 is 13.6 Å². The van der Waals surface area contributed by atoms with Crippen LogP contribution in [0.5, 0.6) is 0 Å². The molecule has 6 rings (SSSR count). The van der Waals surface area contributed by atoms with E-state index >= 15 is 0 Å². The standard InChI is InChI=1S/C27H17N3O4S/c1-16-8-10-22-24(13-16)35-27(29-22)30(28-15-18-6-4-12-33-18)25(31)21-14-20-19-7-3-2-5-17(19)9-11-23(20)34-26(21)32/h2-15H,1H3/b28-15+. The summed E-state index contributed by atoms with van der Waals surface area (Å²) in [6, 6.07) is 22.2. The van der Waals surface area contributed by atoms with Gasteiger partial charge in [0.1, 0.15) is 16.9 Å². The highest BCUT2D eigenvalue weighted by Gasteiger charge is 2.25. The quantitative estimate of drug-likeness (QED) is 0.131. The van der Waals surface area contributed by atoms with Crippen LogP contribution in [-0.4, -0.2) is 17.1 Å². The second-order valence-corrected chi connectivity index (χ2v) is 9.00. The molecule has 1 amide bonds. The first-order valence-electron chi connectivity index (χ1n) is 10.8. The van der Waals surface area contributed by atoms with E-state index in [9.17, 15) is 9.59 Å². The van der Waals surface area contributed by atoms with E-state index in [0.29, 0.717) is 21.9 Å². The molecule has 0 aliphatic carbocycles. The Balaban J connectivity index is 1.52. The molecule has 0 saturated heterocycles. The Morgan fingerprint density at radius 2 is 1.91 bits per heavy atom. The lowest BCUT2D eigenvalue weighted by Crippen LogP contribution is -2.30. The number of carbonyl (C=O) groups excluding carboxylic acids is 1. The van der Waals surface area contributed by atoms with Gasteiger partial charge >= 0.3 is 5.63 Å². The Morgan fingerprint density at radius 1 is 1.03 bits per heavy atom. The highest BCUT2D eigenvalue weighted by atomic mass is 32.1. The number of hydrogen-bond donors (Lipinski definition) is 0. The van der Waals surface area contributed by atoms with Crippen molar-refractivity contribution in [2.75, 3.05) is 5.01 Å². The maximum Gasteiger partial charge on any atom is 0.349 e. The molecule has 0 aliphatic rings. The normalized spacial score (nSPS) is 11.7. The van der Waals surface area contributed by atoms with Crippen LogP contribution in [0.3, 0.4) is 0 Å². The third-order valence-corrected chi connectivity index (χ3v) is 6.62. The molecule has 0 saturated carbocycles. The summed E-state index contributed by atoms with van der Waals surface area (Å²) < 4.78 is 11.8. The largest absolute Gasteiger partial charge is 0.463 e. The van der Waals surface area contributed by atoms with E-state index in [4.69, 9.17) is 8.83 Å². The van der Waals surface area contributed by atoms with Gasteiger partial charge in [-0.3, -0.25) is 4.79 Å². The molecule has 0 fully saturated rings. The molecule has 3 heterocycles.